The zero-order valence-electron chi connectivity index (χ0n) is 13.0. The monoisotopic (exact) mass is 375 g/mol. The molecule has 26 heavy (non-hydrogen) atoms. The van der Waals surface area contributed by atoms with Gasteiger partial charge in [0.1, 0.15) is 34.0 Å². The number of nitriles is 1. The molecular weight excluding hydrogens is 364 g/mol. The van der Waals surface area contributed by atoms with Gasteiger partial charge in [-0.3, -0.25) is 4.72 Å². The van der Waals surface area contributed by atoms with Crippen LogP contribution in [0, 0.1) is 23.0 Å². The highest BCUT2D eigenvalue weighted by Gasteiger charge is 2.22. The number of benzene rings is 2. The minimum atomic E-state index is -4.42. The summed E-state index contributed by atoms with van der Waals surface area (Å²) in [4.78, 5) is -0.835. The molecule has 2 aromatic carbocycles. The molecule has 7 nitrogen and oxygen atoms in total. The number of hydrogen-bond donors (Lipinski definition) is 2. The number of nitrogens with zero attached hydrogens (tertiary/aromatic N) is 3. The van der Waals surface area contributed by atoms with Crippen molar-refractivity contribution < 1.29 is 17.2 Å². The second-order valence-corrected chi connectivity index (χ2v) is 6.82. The number of anilines is 2. The maximum atomic E-state index is 13.8. The van der Waals surface area contributed by atoms with E-state index >= 15 is 0 Å². The third-order valence-corrected chi connectivity index (χ3v) is 4.87. The smallest absolute Gasteiger partial charge is 0.264 e. The first-order valence-corrected chi connectivity index (χ1v) is 8.62. The minimum Gasteiger partial charge on any atom is -0.382 e. The number of halogens is 2. The highest BCUT2D eigenvalue weighted by atomic mass is 32.2. The van der Waals surface area contributed by atoms with Crippen LogP contribution in [0.25, 0.3) is 5.69 Å². The van der Waals surface area contributed by atoms with Crippen molar-refractivity contribution in [1.29, 1.82) is 5.26 Å². The van der Waals surface area contributed by atoms with E-state index in [1.807, 2.05) is 6.07 Å². The largest absolute Gasteiger partial charge is 0.382 e. The molecule has 10 heteroatoms. The van der Waals surface area contributed by atoms with Crippen LogP contribution in [0.1, 0.15) is 5.56 Å². The normalized spacial score (nSPS) is 11.1. The predicted molar refractivity (Wildman–Crippen MR) is 89.9 cm³/mol. The molecule has 0 amide bonds. The van der Waals surface area contributed by atoms with Crippen LogP contribution in [-0.2, 0) is 10.0 Å². The molecule has 0 bridgehead atoms. The van der Waals surface area contributed by atoms with Crippen LogP contribution in [-0.4, -0.2) is 18.2 Å². The van der Waals surface area contributed by atoms with Gasteiger partial charge in [0.05, 0.1) is 17.6 Å². The Morgan fingerprint density at radius 3 is 2.62 bits per heavy atom. The molecule has 0 radical (unpaired) electrons. The quantitative estimate of drug-likeness (QED) is 0.727. The number of nitrogens with two attached hydrogens (primary N) is 1. The van der Waals surface area contributed by atoms with Gasteiger partial charge in [-0.25, -0.2) is 21.9 Å². The number of hydrogen-bond acceptors (Lipinski definition) is 5. The van der Waals surface area contributed by atoms with E-state index in [-0.39, 0.29) is 22.8 Å². The molecule has 0 aliphatic rings. The van der Waals surface area contributed by atoms with Crippen LogP contribution in [0.2, 0.25) is 0 Å². The lowest BCUT2D eigenvalue weighted by molar-refractivity contribution is 0.555. The summed E-state index contributed by atoms with van der Waals surface area (Å²) in [5.74, 6) is -1.98. The van der Waals surface area contributed by atoms with Crippen LogP contribution >= 0.6 is 0 Å². The zero-order chi connectivity index (χ0) is 18.9. The molecule has 0 spiro atoms. The van der Waals surface area contributed by atoms with Crippen molar-refractivity contribution >= 4 is 21.5 Å². The number of aromatic nitrogens is 2. The highest BCUT2D eigenvalue weighted by molar-refractivity contribution is 7.92. The van der Waals surface area contributed by atoms with Crippen LogP contribution in [0.4, 0.5) is 20.3 Å². The summed E-state index contributed by atoms with van der Waals surface area (Å²) in [6.45, 7) is 0. The lowest BCUT2D eigenvalue weighted by Gasteiger charge is -2.14. The number of rotatable bonds is 4. The van der Waals surface area contributed by atoms with Crippen molar-refractivity contribution in [3.63, 3.8) is 0 Å². The lowest BCUT2D eigenvalue weighted by atomic mass is 10.2. The lowest BCUT2D eigenvalue weighted by Crippen LogP contribution is -2.17. The first-order chi connectivity index (χ1) is 12.3. The fourth-order valence-electron chi connectivity index (χ4n) is 2.26. The van der Waals surface area contributed by atoms with Gasteiger partial charge < -0.3 is 5.73 Å². The van der Waals surface area contributed by atoms with Crippen molar-refractivity contribution in [3.05, 3.63) is 65.9 Å². The summed E-state index contributed by atoms with van der Waals surface area (Å²) < 4.78 is 55.5. The van der Waals surface area contributed by atoms with E-state index in [4.69, 9.17) is 11.0 Å². The van der Waals surface area contributed by atoms with Gasteiger partial charge >= 0.3 is 0 Å². The molecule has 1 aromatic heterocycles. The molecule has 0 atom stereocenters. The maximum absolute atomic E-state index is 13.8. The van der Waals surface area contributed by atoms with Gasteiger partial charge in [0.2, 0.25) is 0 Å². The maximum Gasteiger partial charge on any atom is 0.264 e. The van der Waals surface area contributed by atoms with Crippen molar-refractivity contribution in [2.24, 2.45) is 0 Å². The Labute approximate surface area is 147 Å². The fourth-order valence-corrected chi connectivity index (χ4v) is 3.43. The Morgan fingerprint density at radius 2 is 1.92 bits per heavy atom. The van der Waals surface area contributed by atoms with Crippen LogP contribution in [0.15, 0.2) is 53.6 Å². The molecule has 0 saturated heterocycles. The Bertz CT molecular complexity index is 1140. The third-order valence-electron chi connectivity index (χ3n) is 3.49. The van der Waals surface area contributed by atoms with Crippen molar-refractivity contribution in [2.75, 3.05) is 10.5 Å². The average Bonchev–Trinajstić information content (AvgIpc) is 2.97. The SMILES string of the molecule is N#Cc1cnn(-c2ccccc2NS(=O)(=O)c2cc(F)ccc2F)c1N. The molecule has 0 fully saturated rings. The van der Waals surface area contributed by atoms with Gasteiger partial charge in [-0.05, 0) is 30.3 Å². The summed E-state index contributed by atoms with van der Waals surface area (Å²) in [6.07, 6.45) is 1.23. The molecule has 0 aliphatic heterocycles. The van der Waals surface area contributed by atoms with Crippen LogP contribution < -0.4 is 10.5 Å². The Kier molecular flexibility index (Phi) is 4.31. The van der Waals surface area contributed by atoms with Crippen molar-refractivity contribution in [3.8, 4) is 11.8 Å². The molecule has 3 aromatic rings. The van der Waals surface area contributed by atoms with E-state index in [9.17, 15) is 17.2 Å². The predicted octanol–water partition coefficient (Wildman–Crippen LogP) is 2.41. The first kappa shape index (κ1) is 17.4. The molecule has 0 aliphatic carbocycles. The van der Waals surface area contributed by atoms with Gasteiger partial charge in [0, 0.05) is 0 Å². The van der Waals surface area contributed by atoms with Gasteiger partial charge in [0.25, 0.3) is 10.0 Å². The summed E-state index contributed by atoms with van der Waals surface area (Å²) in [5.41, 5.74) is 6.17. The van der Waals surface area contributed by atoms with Gasteiger partial charge in [-0.1, -0.05) is 12.1 Å². The second kappa shape index (κ2) is 6.45. The van der Waals surface area contributed by atoms with Crippen molar-refractivity contribution in [2.45, 2.75) is 4.90 Å². The van der Waals surface area contributed by atoms with E-state index in [0.717, 1.165) is 12.1 Å². The van der Waals surface area contributed by atoms with E-state index in [1.165, 1.54) is 29.1 Å². The standard InChI is InChI=1S/C16H11F2N5O2S/c17-11-5-6-12(18)15(7-11)26(24,25)22-13-3-1-2-4-14(13)23-16(20)10(8-19)9-21-23/h1-7,9,22H,20H2. The molecule has 3 N–H and O–H groups in total. The summed E-state index contributed by atoms with van der Waals surface area (Å²) >= 11 is 0. The van der Waals surface area contributed by atoms with E-state index in [2.05, 4.69) is 9.82 Å². The average molecular weight is 375 g/mol. The molecule has 0 unspecified atom stereocenters. The van der Waals surface area contributed by atoms with E-state index < -0.39 is 26.6 Å². The van der Waals surface area contributed by atoms with Gasteiger partial charge in [0.15, 0.2) is 0 Å². The fraction of sp³-hybridized carbons (Fsp3) is 0. The summed E-state index contributed by atoms with van der Waals surface area (Å²) in [6, 6.07) is 10.0. The minimum absolute atomic E-state index is 0.0103. The Balaban J connectivity index is 2.08. The molecule has 132 valence electrons. The van der Waals surface area contributed by atoms with Crippen LogP contribution in [0.5, 0.6) is 0 Å². The van der Waals surface area contributed by atoms with E-state index in [1.54, 1.807) is 6.07 Å². The number of nitrogens with one attached hydrogen (secondary N) is 1. The van der Waals surface area contributed by atoms with E-state index in [0.29, 0.717) is 6.07 Å². The third kappa shape index (κ3) is 3.07. The molecule has 3 rings (SSSR count). The van der Waals surface area contributed by atoms with Crippen molar-refractivity contribution in [1.82, 2.24) is 9.78 Å². The zero-order valence-corrected chi connectivity index (χ0v) is 13.8. The highest BCUT2D eigenvalue weighted by Crippen LogP contribution is 2.27. The second-order valence-electron chi connectivity index (χ2n) is 5.16. The first-order valence-electron chi connectivity index (χ1n) is 7.14. The number of para-hydroxylation sites is 2. The summed E-state index contributed by atoms with van der Waals surface area (Å²) in [5, 5.41) is 12.9. The van der Waals surface area contributed by atoms with Gasteiger partial charge in [-0.15, -0.1) is 0 Å². The Morgan fingerprint density at radius 1 is 1.19 bits per heavy atom. The molecular formula is C16H11F2N5O2S. The number of nitrogen functional groups attached to an aromatic ring is 1. The van der Waals surface area contributed by atoms with Gasteiger partial charge in [-0.2, -0.15) is 10.4 Å². The molecule has 0 saturated carbocycles. The topological polar surface area (TPSA) is 114 Å². The Hall–Kier alpha value is -3.45. The van der Waals surface area contributed by atoms with Crippen LogP contribution in [0.3, 0.4) is 0 Å². The summed E-state index contributed by atoms with van der Waals surface area (Å²) in [7, 11) is -4.42. The molecule has 1 heterocycles. The number of sulfonamides is 1.